The molecule has 0 heterocycles. The lowest BCUT2D eigenvalue weighted by molar-refractivity contribution is -0.142. The highest BCUT2D eigenvalue weighted by Gasteiger charge is 2.60. The first-order chi connectivity index (χ1) is 7.29. The summed E-state index contributed by atoms with van der Waals surface area (Å²) in [7, 11) is 0. The van der Waals surface area contributed by atoms with E-state index in [0.717, 1.165) is 12.3 Å². The number of fused-ring (bicyclic) bond motifs is 2. The fourth-order valence-corrected chi connectivity index (χ4v) is 4.25. The van der Waals surface area contributed by atoms with E-state index >= 15 is 0 Å². The van der Waals surface area contributed by atoms with Crippen molar-refractivity contribution in [1.82, 2.24) is 0 Å². The zero-order valence-electron chi connectivity index (χ0n) is 10.9. The van der Waals surface area contributed by atoms with Crippen LogP contribution in [0.5, 0.6) is 0 Å². The van der Waals surface area contributed by atoms with Crippen molar-refractivity contribution in [1.29, 1.82) is 0 Å². The van der Waals surface area contributed by atoms with Crippen molar-refractivity contribution < 1.29 is 9.90 Å². The number of hydrogen-bond acceptors (Lipinski definition) is 1. The van der Waals surface area contributed by atoms with Crippen LogP contribution < -0.4 is 0 Å². The molecular formula is C14H24O2. The van der Waals surface area contributed by atoms with Gasteiger partial charge in [-0.3, -0.25) is 4.79 Å². The zero-order chi connectivity index (χ0) is 12.1. The molecule has 0 aromatic rings. The van der Waals surface area contributed by atoms with Crippen molar-refractivity contribution in [3.05, 3.63) is 0 Å². The Balaban J connectivity index is 2.13. The smallest absolute Gasteiger partial charge is 0.306 e. The molecule has 0 aromatic carbocycles. The Morgan fingerprint density at radius 2 is 2.06 bits per heavy atom. The maximum absolute atomic E-state index is 11.0. The fourth-order valence-electron chi connectivity index (χ4n) is 4.25. The number of carboxylic acids is 1. The molecule has 0 amide bonds. The normalized spacial score (nSPS) is 42.2. The molecule has 2 fully saturated rings. The van der Waals surface area contributed by atoms with Crippen LogP contribution in [0.1, 0.15) is 53.4 Å². The van der Waals surface area contributed by atoms with Crippen molar-refractivity contribution in [2.45, 2.75) is 53.4 Å². The van der Waals surface area contributed by atoms with E-state index < -0.39 is 5.97 Å². The maximum Gasteiger partial charge on any atom is 0.306 e. The van der Waals surface area contributed by atoms with Gasteiger partial charge in [0, 0.05) is 0 Å². The number of carbonyl (C=O) groups is 1. The van der Waals surface area contributed by atoms with Crippen LogP contribution in [0.4, 0.5) is 0 Å². The van der Waals surface area contributed by atoms with Crippen molar-refractivity contribution in [2.75, 3.05) is 0 Å². The number of carboxylic acid groups (broad SMARTS) is 1. The van der Waals surface area contributed by atoms with Gasteiger partial charge in [-0.15, -0.1) is 0 Å². The third-order valence-electron chi connectivity index (χ3n) is 6.03. The molecule has 2 aliphatic carbocycles. The van der Waals surface area contributed by atoms with Crippen LogP contribution in [0.25, 0.3) is 0 Å². The maximum atomic E-state index is 11.0. The van der Waals surface area contributed by atoms with Crippen LogP contribution >= 0.6 is 0 Å². The molecular weight excluding hydrogens is 200 g/mol. The molecule has 4 unspecified atom stereocenters. The van der Waals surface area contributed by atoms with E-state index in [4.69, 9.17) is 5.11 Å². The van der Waals surface area contributed by atoms with Crippen LogP contribution in [-0.2, 0) is 4.79 Å². The molecule has 0 radical (unpaired) electrons. The first-order valence-electron chi connectivity index (χ1n) is 6.52. The summed E-state index contributed by atoms with van der Waals surface area (Å²) in [5.41, 5.74) is 0.789. The summed E-state index contributed by atoms with van der Waals surface area (Å²) in [5.74, 6) is 0.622. The molecule has 4 atom stereocenters. The molecule has 2 heteroatoms. The highest BCUT2D eigenvalue weighted by molar-refractivity contribution is 5.69. The summed E-state index contributed by atoms with van der Waals surface area (Å²) in [6.45, 7) is 9.01. The summed E-state index contributed by atoms with van der Waals surface area (Å²) >= 11 is 0. The van der Waals surface area contributed by atoms with E-state index in [0.29, 0.717) is 16.7 Å². The molecule has 1 N–H and O–H groups in total. The lowest BCUT2D eigenvalue weighted by Crippen LogP contribution is -2.33. The SMILES string of the molecule is CC(CC1CC2CCC1(C)C2(C)C)C(=O)O. The second-order valence-electron chi connectivity index (χ2n) is 6.78. The predicted octanol–water partition coefficient (Wildman–Crippen LogP) is 3.56. The van der Waals surface area contributed by atoms with Gasteiger partial charge in [0.05, 0.1) is 5.92 Å². The Morgan fingerprint density at radius 3 is 2.44 bits per heavy atom. The summed E-state index contributed by atoms with van der Waals surface area (Å²) < 4.78 is 0. The first-order valence-corrected chi connectivity index (χ1v) is 6.52. The molecule has 0 saturated heterocycles. The molecule has 2 nitrogen and oxygen atoms in total. The highest BCUT2D eigenvalue weighted by atomic mass is 16.4. The lowest BCUT2D eigenvalue weighted by Gasteiger charge is -2.40. The van der Waals surface area contributed by atoms with E-state index in [1.54, 1.807) is 0 Å². The van der Waals surface area contributed by atoms with Crippen molar-refractivity contribution in [3.8, 4) is 0 Å². The minimum absolute atomic E-state index is 0.183. The van der Waals surface area contributed by atoms with Gasteiger partial charge in [0.25, 0.3) is 0 Å². The Hall–Kier alpha value is -0.530. The second-order valence-corrected chi connectivity index (χ2v) is 6.78. The van der Waals surface area contributed by atoms with Gasteiger partial charge >= 0.3 is 5.97 Å². The first kappa shape index (κ1) is 11.9. The van der Waals surface area contributed by atoms with E-state index in [1.807, 2.05) is 6.92 Å². The average Bonchev–Trinajstić information content (AvgIpc) is 2.50. The minimum Gasteiger partial charge on any atom is -0.481 e. The van der Waals surface area contributed by atoms with E-state index in [9.17, 15) is 4.79 Å². The number of rotatable bonds is 3. The van der Waals surface area contributed by atoms with Gasteiger partial charge in [-0.25, -0.2) is 0 Å². The largest absolute Gasteiger partial charge is 0.481 e. The van der Waals surface area contributed by atoms with Gasteiger partial charge < -0.3 is 5.11 Å². The van der Waals surface area contributed by atoms with Crippen molar-refractivity contribution >= 4 is 5.97 Å². The molecule has 0 aromatic heterocycles. The molecule has 92 valence electrons. The Labute approximate surface area is 98.4 Å². The molecule has 0 spiro atoms. The second kappa shape index (κ2) is 3.48. The van der Waals surface area contributed by atoms with Crippen LogP contribution in [-0.4, -0.2) is 11.1 Å². The minimum atomic E-state index is -0.635. The highest BCUT2D eigenvalue weighted by Crippen LogP contribution is 2.69. The third kappa shape index (κ3) is 1.42. The predicted molar refractivity (Wildman–Crippen MR) is 64.1 cm³/mol. The summed E-state index contributed by atoms with van der Waals surface area (Å²) in [4.78, 5) is 11.0. The zero-order valence-corrected chi connectivity index (χ0v) is 10.9. The standard InChI is InChI=1S/C14H24O2/c1-9(12(15)16)7-11-8-10-5-6-14(11,4)13(10,2)3/h9-11H,5-8H2,1-4H3,(H,15,16). The quantitative estimate of drug-likeness (QED) is 0.796. The van der Waals surface area contributed by atoms with Crippen molar-refractivity contribution in [2.24, 2.45) is 28.6 Å². The van der Waals surface area contributed by atoms with Gasteiger partial charge in [-0.05, 0) is 48.3 Å². The summed E-state index contributed by atoms with van der Waals surface area (Å²) in [5, 5.41) is 9.03. The molecule has 0 aliphatic heterocycles. The Kier molecular flexibility index (Phi) is 2.60. The van der Waals surface area contributed by atoms with Crippen LogP contribution in [0.2, 0.25) is 0 Å². The molecule has 2 bridgehead atoms. The number of aliphatic carboxylic acids is 1. The molecule has 2 rings (SSSR count). The number of hydrogen-bond donors (Lipinski definition) is 1. The van der Waals surface area contributed by atoms with Gasteiger partial charge in [0.1, 0.15) is 0 Å². The average molecular weight is 224 g/mol. The van der Waals surface area contributed by atoms with Crippen LogP contribution in [0.15, 0.2) is 0 Å². The lowest BCUT2D eigenvalue weighted by atomic mass is 9.65. The van der Waals surface area contributed by atoms with Gasteiger partial charge in [-0.1, -0.05) is 27.7 Å². The van der Waals surface area contributed by atoms with Gasteiger partial charge in [0.15, 0.2) is 0 Å². The van der Waals surface area contributed by atoms with E-state index in [-0.39, 0.29) is 5.92 Å². The molecule has 2 aliphatic rings. The Morgan fingerprint density at radius 1 is 1.44 bits per heavy atom. The van der Waals surface area contributed by atoms with Crippen LogP contribution in [0, 0.1) is 28.6 Å². The third-order valence-corrected chi connectivity index (χ3v) is 6.03. The summed E-state index contributed by atoms with van der Waals surface area (Å²) in [6.07, 6.45) is 4.76. The fraction of sp³-hybridized carbons (Fsp3) is 0.929. The topological polar surface area (TPSA) is 37.3 Å². The Bertz CT molecular complexity index is 308. The van der Waals surface area contributed by atoms with E-state index in [2.05, 4.69) is 20.8 Å². The van der Waals surface area contributed by atoms with Crippen LogP contribution in [0.3, 0.4) is 0 Å². The molecule has 2 saturated carbocycles. The van der Waals surface area contributed by atoms with Gasteiger partial charge in [0.2, 0.25) is 0 Å². The van der Waals surface area contributed by atoms with Gasteiger partial charge in [-0.2, -0.15) is 0 Å². The summed E-state index contributed by atoms with van der Waals surface area (Å²) in [6, 6.07) is 0. The monoisotopic (exact) mass is 224 g/mol. The van der Waals surface area contributed by atoms with E-state index in [1.165, 1.54) is 19.3 Å². The molecule has 16 heavy (non-hydrogen) atoms. The van der Waals surface area contributed by atoms with Crippen molar-refractivity contribution in [3.63, 3.8) is 0 Å².